The number of benzene rings is 1. The molecule has 2 rings (SSSR count). The van der Waals surface area contributed by atoms with E-state index in [1.54, 1.807) is 6.20 Å². The number of nitrogens with two attached hydrogens (primary N) is 1. The average molecular weight is 240 g/mol. The maximum Gasteiger partial charge on any atom is 0.168 e. The Bertz CT molecular complexity index is 506. The van der Waals surface area contributed by atoms with Gasteiger partial charge in [-0.15, -0.1) is 0 Å². The summed E-state index contributed by atoms with van der Waals surface area (Å²) in [5.74, 6) is 0.0907. The minimum absolute atomic E-state index is 0.0907. The lowest BCUT2D eigenvalue weighted by Gasteiger charge is -2.03. The largest absolute Gasteiger partial charge is 0.330 e. The topological polar surface area (TPSA) is 56.0 Å². The summed E-state index contributed by atoms with van der Waals surface area (Å²) in [4.78, 5) is 16.2. The van der Waals surface area contributed by atoms with Crippen LogP contribution < -0.4 is 5.73 Å². The zero-order chi connectivity index (χ0) is 12.8. The Morgan fingerprint density at radius 1 is 1.11 bits per heavy atom. The number of pyridine rings is 1. The Labute approximate surface area is 107 Å². The lowest BCUT2D eigenvalue weighted by molar-refractivity contribution is 0.0992. The van der Waals surface area contributed by atoms with Gasteiger partial charge in [0.15, 0.2) is 5.78 Å². The van der Waals surface area contributed by atoms with Crippen LogP contribution in [-0.4, -0.2) is 17.3 Å². The average Bonchev–Trinajstić information content (AvgIpc) is 2.41. The van der Waals surface area contributed by atoms with E-state index in [1.807, 2.05) is 42.5 Å². The Kier molecular flexibility index (Phi) is 4.20. The number of nitrogens with zero attached hydrogens (tertiary/aromatic N) is 1. The molecule has 0 aliphatic heterocycles. The van der Waals surface area contributed by atoms with Crippen LogP contribution in [-0.2, 0) is 12.8 Å². The van der Waals surface area contributed by atoms with E-state index in [0.29, 0.717) is 13.0 Å². The van der Waals surface area contributed by atoms with E-state index in [4.69, 9.17) is 5.73 Å². The fourth-order valence-corrected chi connectivity index (χ4v) is 1.79. The van der Waals surface area contributed by atoms with E-state index in [2.05, 4.69) is 4.98 Å². The molecule has 0 fully saturated rings. The first kappa shape index (κ1) is 12.5. The molecule has 0 aliphatic carbocycles. The molecule has 1 heterocycles. The molecule has 0 atom stereocenters. The predicted molar refractivity (Wildman–Crippen MR) is 71.5 cm³/mol. The second-order valence-electron chi connectivity index (χ2n) is 4.16. The highest BCUT2D eigenvalue weighted by Crippen LogP contribution is 2.08. The zero-order valence-corrected chi connectivity index (χ0v) is 10.2. The quantitative estimate of drug-likeness (QED) is 0.813. The van der Waals surface area contributed by atoms with Crippen LogP contribution in [0.3, 0.4) is 0 Å². The van der Waals surface area contributed by atoms with Crippen molar-refractivity contribution in [3.8, 4) is 0 Å². The molecule has 0 bridgehead atoms. The number of Topliss-reactive ketones (excluding diaryl/α,β-unsaturated/α-hetero) is 1. The van der Waals surface area contributed by atoms with Gasteiger partial charge >= 0.3 is 0 Å². The molecule has 0 aliphatic rings. The van der Waals surface area contributed by atoms with Crippen molar-refractivity contribution in [1.29, 1.82) is 0 Å². The van der Waals surface area contributed by atoms with Gasteiger partial charge in [-0.1, -0.05) is 30.3 Å². The van der Waals surface area contributed by atoms with Crippen molar-refractivity contribution < 1.29 is 4.79 Å². The van der Waals surface area contributed by atoms with Crippen LogP contribution in [0.1, 0.15) is 21.6 Å². The summed E-state index contributed by atoms with van der Waals surface area (Å²) in [7, 11) is 0. The van der Waals surface area contributed by atoms with Crippen molar-refractivity contribution >= 4 is 5.78 Å². The van der Waals surface area contributed by atoms with Gasteiger partial charge in [-0.2, -0.15) is 0 Å². The second-order valence-corrected chi connectivity index (χ2v) is 4.16. The van der Waals surface area contributed by atoms with Gasteiger partial charge in [0, 0.05) is 17.5 Å². The molecule has 1 aromatic carbocycles. The molecule has 0 saturated heterocycles. The first-order valence-electron chi connectivity index (χ1n) is 6.01. The highest BCUT2D eigenvalue weighted by atomic mass is 16.1. The summed E-state index contributed by atoms with van der Waals surface area (Å²) in [5, 5.41) is 0. The maximum atomic E-state index is 12.0. The van der Waals surface area contributed by atoms with Gasteiger partial charge in [0.1, 0.15) is 0 Å². The van der Waals surface area contributed by atoms with Crippen LogP contribution in [0, 0.1) is 0 Å². The summed E-state index contributed by atoms with van der Waals surface area (Å²) in [6, 6.07) is 13.2. The third-order valence-corrected chi connectivity index (χ3v) is 2.78. The summed E-state index contributed by atoms with van der Waals surface area (Å²) in [5.41, 5.74) is 8.17. The zero-order valence-electron chi connectivity index (χ0n) is 10.2. The summed E-state index contributed by atoms with van der Waals surface area (Å²) in [6.07, 6.45) is 2.89. The monoisotopic (exact) mass is 240 g/mol. The first-order chi connectivity index (χ1) is 8.79. The predicted octanol–water partition coefficient (Wildman–Crippen LogP) is 2.01. The summed E-state index contributed by atoms with van der Waals surface area (Å²) < 4.78 is 0. The molecule has 0 radical (unpaired) electrons. The Balaban J connectivity index is 2.05. The summed E-state index contributed by atoms with van der Waals surface area (Å²) >= 11 is 0. The molecule has 2 N–H and O–H groups in total. The van der Waals surface area contributed by atoms with Crippen molar-refractivity contribution in [2.24, 2.45) is 5.73 Å². The van der Waals surface area contributed by atoms with Crippen LogP contribution in [0.2, 0.25) is 0 Å². The van der Waals surface area contributed by atoms with Gasteiger partial charge < -0.3 is 5.73 Å². The standard InChI is InChI=1S/C15H16N2O/c16-9-8-12-4-6-13(7-5-12)15(18)11-14-3-1-2-10-17-14/h1-7,10H,8-9,11,16H2. The van der Waals surface area contributed by atoms with E-state index in [-0.39, 0.29) is 5.78 Å². The molecule has 18 heavy (non-hydrogen) atoms. The molecule has 3 nitrogen and oxygen atoms in total. The SMILES string of the molecule is NCCc1ccc(C(=O)Cc2ccccn2)cc1. The molecular weight excluding hydrogens is 224 g/mol. The van der Waals surface area contributed by atoms with Crippen LogP contribution in [0.4, 0.5) is 0 Å². The van der Waals surface area contributed by atoms with E-state index in [0.717, 1.165) is 23.2 Å². The number of carbonyl (C=O) groups is 1. The normalized spacial score (nSPS) is 10.3. The van der Waals surface area contributed by atoms with Gasteiger partial charge in [-0.05, 0) is 30.7 Å². The van der Waals surface area contributed by atoms with Crippen molar-refractivity contribution in [1.82, 2.24) is 4.98 Å². The minimum atomic E-state index is 0.0907. The fourth-order valence-electron chi connectivity index (χ4n) is 1.79. The number of aromatic nitrogens is 1. The van der Waals surface area contributed by atoms with E-state index >= 15 is 0 Å². The lowest BCUT2D eigenvalue weighted by Crippen LogP contribution is -2.06. The molecule has 0 unspecified atom stereocenters. The number of rotatable bonds is 5. The van der Waals surface area contributed by atoms with Gasteiger partial charge in [0.05, 0.1) is 6.42 Å². The van der Waals surface area contributed by atoms with E-state index in [1.165, 1.54) is 0 Å². The van der Waals surface area contributed by atoms with Gasteiger partial charge in [0.2, 0.25) is 0 Å². The second kappa shape index (κ2) is 6.07. The van der Waals surface area contributed by atoms with E-state index in [9.17, 15) is 4.79 Å². The minimum Gasteiger partial charge on any atom is -0.330 e. The van der Waals surface area contributed by atoms with Crippen molar-refractivity contribution in [3.05, 3.63) is 65.5 Å². The molecule has 3 heteroatoms. The van der Waals surface area contributed by atoms with Gasteiger partial charge in [-0.25, -0.2) is 0 Å². The van der Waals surface area contributed by atoms with Gasteiger partial charge in [-0.3, -0.25) is 9.78 Å². The molecule has 92 valence electrons. The van der Waals surface area contributed by atoms with Crippen LogP contribution in [0.5, 0.6) is 0 Å². The highest BCUT2D eigenvalue weighted by Gasteiger charge is 2.07. The van der Waals surface area contributed by atoms with Crippen molar-refractivity contribution in [3.63, 3.8) is 0 Å². The third-order valence-electron chi connectivity index (χ3n) is 2.78. The number of hydrogen-bond acceptors (Lipinski definition) is 3. The first-order valence-corrected chi connectivity index (χ1v) is 6.01. The van der Waals surface area contributed by atoms with E-state index < -0.39 is 0 Å². The molecule has 2 aromatic rings. The molecule has 0 amide bonds. The molecular formula is C15H16N2O. The van der Waals surface area contributed by atoms with Crippen molar-refractivity contribution in [2.45, 2.75) is 12.8 Å². The van der Waals surface area contributed by atoms with Gasteiger partial charge in [0.25, 0.3) is 0 Å². The Morgan fingerprint density at radius 2 is 1.89 bits per heavy atom. The molecule has 1 aromatic heterocycles. The number of ketones is 1. The van der Waals surface area contributed by atoms with Crippen LogP contribution in [0.25, 0.3) is 0 Å². The van der Waals surface area contributed by atoms with Crippen LogP contribution in [0.15, 0.2) is 48.7 Å². The smallest absolute Gasteiger partial charge is 0.168 e. The Morgan fingerprint density at radius 3 is 2.50 bits per heavy atom. The highest BCUT2D eigenvalue weighted by molar-refractivity contribution is 5.97. The Hall–Kier alpha value is -2.00. The molecule has 0 saturated carbocycles. The fraction of sp³-hybridized carbons (Fsp3) is 0.200. The third kappa shape index (κ3) is 3.25. The van der Waals surface area contributed by atoms with Crippen LogP contribution >= 0.6 is 0 Å². The molecule has 0 spiro atoms. The summed E-state index contributed by atoms with van der Waals surface area (Å²) in [6.45, 7) is 0.626. The maximum absolute atomic E-state index is 12.0. The lowest BCUT2D eigenvalue weighted by atomic mass is 10.0. The number of hydrogen-bond donors (Lipinski definition) is 1. The van der Waals surface area contributed by atoms with Crippen molar-refractivity contribution in [2.75, 3.05) is 6.54 Å². The number of carbonyl (C=O) groups excluding carboxylic acids is 1.